The van der Waals surface area contributed by atoms with E-state index in [4.69, 9.17) is 9.84 Å². The van der Waals surface area contributed by atoms with Crippen molar-refractivity contribution in [3.8, 4) is 5.75 Å². The van der Waals surface area contributed by atoms with Crippen LogP contribution in [0.4, 0.5) is 0 Å². The SMILES string of the molecule is CN(C)Cc1ccc(OCCn2ccc3ccc(C(=O)CO)cc32)cc1. The smallest absolute Gasteiger partial charge is 0.188 e. The first-order valence-electron chi connectivity index (χ1n) is 8.66. The lowest BCUT2D eigenvalue weighted by Gasteiger charge is -2.11. The second kappa shape index (κ2) is 8.17. The van der Waals surface area contributed by atoms with Crippen LogP contribution in [0.1, 0.15) is 15.9 Å². The molecular formula is C21H24N2O3. The maximum atomic E-state index is 11.7. The highest BCUT2D eigenvalue weighted by atomic mass is 16.5. The number of carbonyl (C=O) groups excluding carboxylic acids is 1. The molecule has 0 spiro atoms. The number of hydrogen-bond acceptors (Lipinski definition) is 4. The van der Waals surface area contributed by atoms with Gasteiger partial charge in [0.05, 0.1) is 6.54 Å². The number of carbonyl (C=O) groups is 1. The third-order valence-corrected chi connectivity index (χ3v) is 4.26. The molecular weight excluding hydrogens is 328 g/mol. The minimum absolute atomic E-state index is 0.270. The zero-order valence-corrected chi connectivity index (χ0v) is 15.2. The van der Waals surface area contributed by atoms with Crippen LogP contribution >= 0.6 is 0 Å². The molecule has 1 aromatic heterocycles. The Bertz CT molecular complexity index is 882. The molecule has 0 aliphatic heterocycles. The molecule has 0 unspecified atom stereocenters. The van der Waals surface area contributed by atoms with Gasteiger partial charge in [0.2, 0.25) is 0 Å². The topological polar surface area (TPSA) is 54.7 Å². The van der Waals surface area contributed by atoms with Crippen molar-refractivity contribution in [2.45, 2.75) is 13.1 Å². The number of aliphatic hydroxyl groups is 1. The van der Waals surface area contributed by atoms with Crippen LogP contribution in [0.5, 0.6) is 5.75 Å². The molecule has 0 saturated heterocycles. The lowest BCUT2D eigenvalue weighted by atomic mass is 10.1. The predicted octanol–water partition coefficient (Wildman–Crippen LogP) is 2.96. The second-order valence-electron chi connectivity index (χ2n) is 6.59. The van der Waals surface area contributed by atoms with Crippen LogP contribution in [-0.4, -0.2) is 47.7 Å². The average Bonchev–Trinajstić information content (AvgIpc) is 3.04. The van der Waals surface area contributed by atoms with E-state index < -0.39 is 6.61 Å². The van der Waals surface area contributed by atoms with E-state index in [1.54, 1.807) is 6.07 Å². The number of rotatable bonds is 8. The van der Waals surface area contributed by atoms with Gasteiger partial charge in [-0.2, -0.15) is 0 Å². The Hall–Kier alpha value is -2.63. The van der Waals surface area contributed by atoms with Crippen LogP contribution in [0, 0.1) is 0 Å². The number of ether oxygens (including phenoxy) is 1. The molecule has 3 aromatic rings. The number of aromatic nitrogens is 1. The van der Waals surface area contributed by atoms with Gasteiger partial charge in [-0.15, -0.1) is 0 Å². The van der Waals surface area contributed by atoms with Crippen molar-refractivity contribution in [3.63, 3.8) is 0 Å². The molecule has 0 fully saturated rings. The Labute approximate surface area is 153 Å². The number of hydrogen-bond donors (Lipinski definition) is 1. The molecule has 0 saturated carbocycles. The number of ketones is 1. The molecule has 3 rings (SSSR count). The molecule has 0 aliphatic rings. The fourth-order valence-corrected chi connectivity index (χ4v) is 2.96. The number of aliphatic hydroxyl groups excluding tert-OH is 1. The van der Waals surface area contributed by atoms with Gasteiger partial charge in [-0.25, -0.2) is 0 Å². The summed E-state index contributed by atoms with van der Waals surface area (Å²) in [7, 11) is 4.09. The summed E-state index contributed by atoms with van der Waals surface area (Å²) in [5.74, 6) is 0.578. The van der Waals surface area contributed by atoms with Crippen molar-refractivity contribution in [2.24, 2.45) is 0 Å². The van der Waals surface area contributed by atoms with Crippen LogP contribution in [0.25, 0.3) is 10.9 Å². The summed E-state index contributed by atoms with van der Waals surface area (Å²) in [5.41, 5.74) is 2.74. The first kappa shape index (κ1) is 18.2. The summed E-state index contributed by atoms with van der Waals surface area (Å²) in [6.45, 7) is 1.65. The molecule has 136 valence electrons. The molecule has 2 aromatic carbocycles. The van der Waals surface area contributed by atoms with Crippen LogP contribution in [0.2, 0.25) is 0 Å². The maximum Gasteiger partial charge on any atom is 0.188 e. The summed E-state index contributed by atoms with van der Waals surface area (Å²) >= 11 is 0. The van der Waals surface area contributed by atoms with Crippen LogP contribution < -0.4 is 4.74 Å². The van der Waals surface area contributed by atoms with E-state index in [9.17, 15) is 4.79 Å². The molecule has 0 atom stereocenters. The van der Waals surface area contributed by atoms with Crippen molar-refractivity contribution in [2.75, 3.05) is 27.3 Å². The maximum absolute atomic E-state index is 11.7. The molecule has 1 heterocycles. The zero-order valence-electron chi connectivity index (χ0n) is 15.2. The monoisotopic (exact) mass is 352 g/mol. The summed E-state index contributed by atoms with van der Waals surface area (Å²) in [6, 6.07) is 15.6. The summed E-state index contributed by atoms with van der Waals surface area (Å²) in [6.07, 6.45) is 1.99. The van der Waals surface area contributed by atoms with Crippen LogP contribution in [0.15, 0.2) is 54.7 Å². The largest absolute Gasteiger partial charge is 0.492 e. The molecule has 0 amide bonds. The Morgan fingerprint density at radius 1 is 1.12 bits per heavy atom. The Kier molecular flexibility index (Phi) is 5.71. The van der Waals surface area contributed by atoms with Crippen molar-refractivity contribution < 1.29 is 14.6 Å². The van der Waals surface area contributed by atoms with Gasteiger partial charge in [-0.1, -0.05) is 24.3 Å². The van der Waals surface area contributed by atoms with E-state index in [0.717, 1.165) is 23.2 Å². The van der Waals surface area contributed by atoms with Crippen LogP contribution in [-0.2, 0) is 13.1 Å². The van der Waals surface area contributed by atoms with Gasteiger partial charge < -0.3 is 19.3 Å². The van der Waals surface area contributed by atoms with Gasteiger partial charge in [0.25, 0.3) is 0 Å². The van der Waals surface area contributed by atoms with Gasteiger partial charge in [0, 0.05) is 23.8 Å². The molecule has 26 heavy (non-hydrogen) atoms. The Balaban J connectivity index is 1.63. The van der Waals surface area contributed by atoms with E-state index in [0.29, 0.717) is 18.7 Å². The second-order valence-corrected chi connectivity index (χ2v) is 6.59. The van der Waals surface area contributed by atoms with Gasteiger partial charge in [-0.3, -0.25) is 4.79 Å². The Morgan fingerprint density at radius 3 is 2.58 bits per heavy atom. The molecule has 5 nitrogen and oxygen atoms in total. The minimum atomic E-state index is -0.473. The first-order valence-corrected chi connectivity index (χ1v) is 8.66. The third kappa shape index (κ3) is 4.31. The van der Waals surface area contributed by atoms with Crippen LogP contribution in [0.3, 0.4) is 0 Å². The first-order chi connectivity index (χ1) is 12.6. The molecule has 0 bridgehead atoms. The molecule has 0 radical (unpaired) electrons. The number of nitrogens with zero attached hydrogens (tertiary/aromatic N) is 2. The van der Waals surface area contributed by atoms with Crippen molar-refractivity contribution >= 4 is 16.7 Å². The van der Waals surface area contributed by atoms with Crippen molar-refractivity contribution in [1.82, 2.24) is 9.47 Å². The number of benzene rings is 2. The number of Topliss-reactive ketones (excluding diaryl/α,β-unsaturated/α-hetero) is 1. The van der Waals surface area contributed by atoms with E-state index in [1.807, 2.05) is 50.6 Å². The zero-order chi connectivity index (χ0) is 18.5. The number of fused-ring (bicyclic) bond motifs is 1. The summed E-state index contributed by atoms with van der Waals surface area (Å²) < 4.78 is 7.91. The Morgan fingerprint density at radius 2 is 1.88 bits per heavy atom. The van der Waals surface area contributed by atoms with E-state index in [-0.39, 0.29) is 5.78 Å². The molecule has 1 N–H and O–H groups in total. The fourth-order valence-electron chi connectivity index (χ4n) is 2.96. The highest BCUT2D eigenvalue weighted by Crippen LogP contribution is 2.19. The average molecular weight is 352 g/mol. The van der Waals surface area contributed by atoms with Crippen molar-refractivity contribution in [1.29, 1.82) is 0 Å². The highest BCUT2D eigenvalue weighted by molar-refractivity contribution is 6.00. The molecule has 0 aliphatic carbocycles. The normalized spacial score (nSPS) is 11.2. The molecule has 5 heteroatoms. The standard InChI is InChI=1S/C21H24N2O3/c1-22(2)14-16-3-7-19(8-4-16)26-12-11-23-10-9-17-5-6-18(13-20(17)23)21(25)15-24/h3-10,13,24H,11-12,14-15H2,1-2H3. The highest BCUT2D eigenvalue weighted by Gasteiger charge is 2.08. The summed E-state index contributed by atoms with van der Waals surface area (Å²) in [4.78, 5) is 13.8. The van der Waals surface area contributed by atoms with Gasteiger partial charge >= 0.3 is 0 Å². The summed E-state index contributed by atoms with van der Waals surface area (Å²) in [5, 5.41) is 10.1. The van der Waals surface area contributed by atoms with E-state index in [1.165, 1.54) is 5.56 Å². The van der Waals surface area contributed by atoms with E-state index in [2.05, 4.69) is 21.6 Å². The van der Waals surface area contributed by atoms with E-state index >= 15 is 0 Å². The van der Waals surface area contributed by atoms with Gasteiger partial charge in [0.1, 0.15) is 19.0 Å². The van der Waals surface area contributed by atoms with Gasteiger partial charge in [-0.05, 0) is 49.3 Å². The van der Waals surface area contributed by atoms with Crippen molar-refractivity contribution in [3.05, 3.63) is 65.9 Å². The predicted molar refractivity (Wildman–Crippen MR) is 103 cm³/mol. The fraction of sp³-hybridized carbons (Fsp3) is 0.286. The lowest BCUT2D eigenvalue weighted by molar-refractivity contribution is 0.0904. The third-order valence-electron chi connectivity index (χ3n) is 4.26. The van der Waals surface area contributed by atoms with Gasteiger partial charge in [0.15, 0.2) is 5.78 Å². The minimum Gasteiger partial charge on any atom is -0.492 e. The quantitative estimate of drug-likeness (QED) is 0.633. The lowest BCUT2D eigenvalue weighted by Crippen LogP contribution is -2.10.